The van der Waals surface area contributed by atoms with Crippen molar-refractivity contribution in [3.63, 3.8) is 0 Å². The molecule has 3 aliphatic rings. The lowest BCUT2D eigenvalue weighted by Crippen LogP contribution is -2.44. The van der Waals surface area contributed by atoms with Crippen LogP contribution in [-0.2, 0) is 20.7 Å². The average molecular weight is 368 g/mol. The van der Waals surface area contributed by atoms with Crippen molar-refractivity contribution in [2.75, 3.05) is 37.7 Å². The van der Waals surface area contributed by atoms with E-state index < -0.39 is 0 Å². The van der Waals surface area contributed by atoms with Crippen molar-refractivity contribution in [2.24, 2.45) is 10.9 Å². The molecule has 0 radical (unpaired) electrons. The number of aryl methyl sites for hydroxylation is 1. The fourth-order valence-corrected chi connectivity index (χ4v) is 3.92. The SMILES string of the molecule is CC(=O)N1CCCc2cc(C3=CN=CC(CN4CCOCC4=O)C3)cnc21. The quantitative estimate of drug-likeness (QED) is 0.813. The largest absolute Gasteiger partial charge is 0.370 e. The van der Waals surface area contributed by atoms with E-state index in [-0.39, 0.29) is 24.3 Å². The predicted octanol–water partition coefficient (Wildman–Crippen LogP) is 1.67. The molecule has 0 aromatic carbocycles. The Balaban J connectivity index is 1.49. The number of hydrogen-bond acceptors (Lipinski definition) is 5. The van der Waals surface area contributed by atoms with E-state index in [9.17, 15) is 9.59 Å². The third-order valence-electron chi connectivity index (χ3n) is 5.33. The summed E-state index contributed by atoms with van der Waals surface area (Å²) in [6, 6.07) is 2.14. The first kappa shape index (κ1) is 17.9. The van der Waals surface area contributed by atoms with Crippen molar-refractivity contribution in [1.29, 1.82) is 0 Å². The van der Waals surface area contributed by atoms with Gasteiger partial charge in [-0.2, -0.15) is 0 Å². The topological polar surface area (TPSA) is 75.1 Å². The number of allylic oxidation sites excluding steroid dienone is 1. The molecule has 1 atom stereocenters. The summed E-state index contributed by atoms with van der Waals surface area (Å²) in [4.78, 5) is 36.4. The number of amides is 2. The molecule has 4 rings (SSSR count). The minimum atomic E-state index is 0.0351. The maximum Gasteiger partial charge on any atom is 0.248 e. The third-order valence-corrected chi connectivity index (χ3v) is 5.33. The summed E-state index contributed by atoms with van der Waals surface area (Å²) in [6.45, 7) is 4.40. The number of carbonyl (C=O) groups is 2. The maximum absolute atomic E-state index is 12.0. The number of ether oxygens (including phenoxy) is 1. The van der Waals surface area contributed by atoms with Crippen LogP contribution < -0.4 is 4.90 Å². The highest BCUT2D eigenvalue weighted by Gasteiger charge is 2.25. The first-order chi connectivity index (χ1) is 13.1. The molecule has 1 aromatic rings. The number of rotatable bonds is 3. The van der Waals surface area contributed by atoms with Crippen molar-refractivity contribution in [2.45, 2.75) is 26.2 Å². The van der Waals surface area contributed by atoms with E-state index in [2.05, 4.69) is 16.0 Å². The van der Waals surface area contributed by atoms with Crippen molar-refractivity contribution in [3.8, 4) is 0 Å². The van der Waals surface area contributed by atoms with Crippen molar-refractivity contribution >= 4 is 29.4 Å². The molecule has 1 saturated heterocycles. The van der Waals surface area contributed by atoms with Gasteiger partial charge in [0.2, 0.25) is 11.8 Å². The molecule has 0 spiro atoms. The molecule has 0 aliphatic carbocycles. The number of aliphatic imine (C=N–C) groups is 1. The number of fused-ring (bicyclic) bond motifs is 1. The molecular weight excluding hydrogens is 344 g/mol. The number of anilines is 1. The number of carbonyl (C=O) groups excluding carboxylic acids is 2. The Morgan fingerprint density at radius 1 is 1.37 bits per heavy atom. The minimum absolute atomic E-state index is 0.0351. The molecular formula is C20H24N4O3. The van der Waals surface area contributed by atoms with Gasteiger partial charge >= 0.3 is 0 Å². The highest BCUT2D eigenvalue weighted by molar-refractivity contribution is 5.92. The van der Waals surface area contributed by atoms with Crippen LogP contribution >= 0.6 is 0 Å². The molecule has 4 heterocycles. The summed E-state index contributed by atoms with van der Waals surface area (Å²) in [5.74, 6) is 1.06. The van der Waals surface area contributed by atoms with Crippen molar-refractivity contribution in [3.05, 3.63) is 29.6 Å². The van der Waals surface area contributed by atoms with Crippen molar-refractivity contribution < 1.29 is 14.3 Å². The Bertz CT molecular complexity index is 817. The summed E-state index contributed by atoms with van der Waals surface area (Å²) in [5, 5.41) is 0. The zero-order valence-corrected chi connectivity index (χ0v) is 15.6. The van der Waals surface area contributed by atoms with E-state index in [1.807, 2.05) is 23.5 Å². The molecule has 2 amide bonds. The van der Waals surface area contributed by atoms with E-state index in [0.717, 1.165) is 48.3 Å². The summed E-state index contributed by atoms with van der Waals surface area (Å²) in [5.41, 5.74) is 3.29. The summed E-state index contributed by atoms with van der Waals surface area (Å²) < 4.78 is 5.20. The second kappa shape index (κ2) is 7.60. The minimum Gasteiger partial charge on any atom is -0.370 e. The zero-order valence-electron chi connectivity index (χ0n) is 15.6. The smallest absolute Gasteiger partial charge is 0.248 e. The zero-order chi connectivity index (χ0) is 18.8. The van der Waals surface area contributed by atoms with Gasteiger partial charge in [0.1, 0.15) is 12.4 Å². The van der Waals surface area contributed by atoms with Crippen LogP contribution in [0.25, 0.3) is 5.57 Å². The van der Waals surface area contributed by atoms with Gasteiger partial charge in [0, 0.05) is 51.1 Å². The first-order valence-electron chi connectivity index (χ1n) is 9.47. The molecule has 0 bridgehead atoms. The molecule has 0 saturated carbocycles. The van der Waals surface area contributed by atoms with Gasteiger partial charge in [0.25, 0.3) is 0 Å². The van der Waals surface area contributed by atoms with Crippen LogP contribution in [0.1, 0.15) is 30.9 Å². The third kappa shape index (κ3) is 3.78. The Morgan fingerprint density at radius 3 is 3.07 bits per heavy atom. The van der Waals surface area contributed by atoms with Crippen LogP contribution in [0, 0.1) is 5.92 Å². The monoisotopic (exact) mass is 368 g/mol. The number of pyridine rings is 1. The van der Waals surface area contributed by atoms with E-state index in [4.69, 9.17) is 4.74 Å². The van der Waals surface area contributed by atoms with Crippen LogP contribution in [0.5, 0.6) is 0 Å². The average Bonchev–Trinajstić information content (AvgIpc) is 2.69. The van der Waals surface area contributed by atoms with Gasteiger partial charge < -0.3 is 9.64 Å². The lowest BCUT2D eigenvalue weighted by molar-refractivity contribution is -0.143. The van der Waals surface area contributed by atoms with Gasteiger partial charge in [-0.3, -0.25) is 19.5 Å². The highest BCUT2D eigenvalue weighted by Crippen LogP contribution is 2.31. The number of aromatic nitrogens is 1. The highest BCUT2D eigenvalue weighted by atomic mass is 16.5. The van der Waals surface area contributed by atoms with Crippen LogP contribution in [-0.4, -0.2) is 60.8 Å². The van der Waals surface area contributed by atoms with E-state index >= 15 is 0 Å². The lowest BCUT2D eigenvalue weighted by Gasteiger charge is -2.30. The van der Waals surface area contributed by atoms with Crippen LogP contribution in [0.2, 0.25) is 0 Å². The summed E-state index contributed by atoms with van der Waals surface area (Å²) in [6.07, 6.45) is 8.36. The van der Waals surface area contributed by atoms with E-state index in [0.29, 0.717) is 19.7 Å². The summed E-state index contributed by atoms with van der Waals surface area (Å²) in [7, 11) is 0. The van der Waals surface area contributed by atoms with Crippen molar-refractivity contribution in [1.82, 2.24) is 9.88 Å². The summed E-state index contributed by atoms with van der Waals surface area (Å²) >= 11 is 0. The van der Waals surface area contributed by atoms with Crippen LogP contribution in [0.15, 0.2) is 23.5 Å². The molecule has 7 heteroatoms. The Morgan fingerprint density at radius 2 is 2.26 bits per heavy atom. The number of hydrogen-bond donors (Lipinski definition) is 0. The molecule has 3 aliphatic heterocycles. The van der Waals surface area contributed by atoms with E-state index in [1.165, 1.54) is 0 Å². The molecule has 7 nitrogen and oxygen atoms in total. The Labute approximate surface area is 158 Å². The predicted molar refractivity (Wildman–Crippen MR) is 103 cm³/mol. The second-order valence-electron chi connectivity index (χ2n) is 7.29. The van der Waals surface area contributed by atoms with Crippen LogP contribution in [0.3, 0.4) is 0 Å². The van der Waals surface area contributed by atoms with E-state index in [1.54, 1.807) is 11.8 Å². The van der Waals surface area contributed by atoms with Gasteiger partial charge in [-0.15, -0.1) is 0 Å². The van der Waals surface area contributed by atoms with Gasteiger partial charge in [-0.1, -0.05) is 0 Å². The molecule has 142 valence electrons. The lowest BCUT2D eigenvalue weighted by atomic mass is 9.92. The second-order valence-corrected chi connectivity index (χ2v) is 7.29. The molecule has 27 heavy (non-hydrogen) atoms. The fraction of sp³-hybridized carbons (Fsp3) is 0.500. The van der Waals surface area contributed by atoms with Gasteiger partial charge in [0.15, 0.2) is 0 Å². The van der Waals surface area contributed by atoms with Gasteiger partial charge in [-0.25, -0.2) is 4.98 Å². The van der Waals surface area contributed by atoms with Gasteiger partial charge in [0.05, 0.1) is 6.61 Å². The first-order valence-corrected chi connectivity index (χ1v) is 9.47. The number of nitrogens with zero attached hydrogens (tertiary/aromatic N) is 4. The normalized spacial score (nSPS) is 22.5. The molecule has 1 unspecified atom stereocenters. The fourth-order valence-electron chi connectivity index (χ4n) is 3.92. The van der Waals surface area contributed by atoms with Crippen LogP contribution in [0.4, 0.5) is 5.82 Å². The van der Waals surface area contributed by atoms with Gasteiger partial charge in [-0.05, 0) is 42.0 Å². The standard InChI is InChI=1S/C20H24N4O3/c1-14(25)24-4-2-3-16-8-18(11-22-20(16)24)17-7-15(9-21-10-17)12-23-5-6-27-13-19(23)26/h8-11,15H,2-7,12-13H2,1H3. The maximum atomic E-state index is 12.0. The molecule has 0 N–H and O–H groups in total. The number of morpholine rings is 1. The molecule has 1 fully saturated rings. The Hall–Kier alpha value is -2.54. The Kier molecular flexibility index (Phi) is 5.03. The molecule has 1 aromatic heterocycles.